The Morgan fingerprint density at radius 3 is 2.57 bits per heavy atom. The average molecular weight is 191 g/mol. The van der Waals surface area contributed by atoms with Gasteiger partial charge in [0.05, 0.1) is 0 Å². The monoisotopic (exact) mass is 191 g/mol. The van der Waals surface area contributed by atoms with Crippen molar-refractivity contribution < 1.29 is 4.79 Å². The molecule has 1 unspecified atom stereocenters. The van der Waals surface area contributed by atoms with E-state index in [2.05, 4.69) is 24.4 Å². The third-order valence-electron chi connectivity index (χ3n) is 2.40. The maximum Gasteiger partial charge on any atom is 0.131 e. The van der Waals surface area contributed by atoms with Gasteiger partial charge in [-0.15, -0.1) is 0 Å². The van der Waals surface area contributed by atoms with Gasteiger partial charge in [0.25, 0.3) is 0 Å². The number of nitrogens with one attached hydrogen (secondary N) is 1. The second-order valence-electron chi connectivity index (χ2n) is 3.60. The van der Waals surface area contributed by atoms with E-state index in [9.17, 15) is 4.79 Å². The smallest absolute Gasteiger partial charge is 0.131 e. The highest BCUT2D eigenvalue weighted by atomic mass is 16.1. The lowest BCUT2D eigenvalue weighted by molar-refractivity contribution is -0.117. The molecule has 14 heavy (non-hydrogen) atoms. The van der Waals surface area contributed by atoms with E-state index >= 15 is 0 Å². The molecule has 1 aromatic rings. The van der Waals surface area contributed by atoms with Gasteiger partial charge in [-0.25, -0.2) is 0 Å². The van der Waals surface area contributed by atoms with Crippen molar-refractivity contribution in [2.45, 2.75) is 26.3 Å². The maximum atomic E-state index is 11.1. The quantitative estimate of drug-likeness (QED) is 0.790. The summed E-state index contributed by atoms with van der Waals surface area (Å²) in [6, 6.07) is 8.31. The number of ketones is 1. The molecule has 76 valence electrons. The van der Waals surface area contributed by atoms with Crippen LogP contribution < -0.4 is 5.32 Å². The third kappa shape index (κ3) is 2.67. The van der Waals surface area contributed by atoms with Crippen molar-refractivity contribution in [2.24, 2.45) is 0 Å². The molecule has 0 aliphatic rings. The minimum atomic E-state index is 0.147. The van der Waals surface area contributed by atoms with E-state index < -0.39 is 0 Å². The first kappa shape index (κ1) is 10.9. The van der Waals surface area contributed by atoms with Crippen molar-refractivity contribution in [3.63, 3.8) is 0 Å². The highest BCUT2D eigenvalue weighted by molar-refractivity contribution is 5.76. The number of hydrogen-bond donors (Lipinski definition) is 1. The van der Waals surface area contributed by atoms with E-state index in [-0.39, 0.29) is 11.8 Å². The molecule has 2 nitrogen and oxygen atoms in total. The summed E-state index contributed by atoms with van der Waals surface area (Å²) in [5.41, 5.74) is 2.44. The predicted molar refractivity (Wildman–Crippen MR) is 58.3 cm³/mol. The lowest BCUT2D eigenvalue weighted by Gasteiger charge is -2.17. The minimum absolute atomic E-state index is 0.147. The van der Waals surface area contributed by atoms with Crippen LogP contribution in [0.2, 0.25) is 0 Å². The Kier molecular flexibility index (Phi) is 3.84. The Morgan fingerprint density at radius 1 is 1.43 bits per heavy atom. The zero-order valence-corrected chi connectivity index (χ0v) is 9.00. The molecule has 1 N–H and O–H groups in total. The fraction of sp³-hybridized carbons (Fsp3) is 0.417. The van der Waals surface area contributed by atoms with Crippen LogP contribution in [0, 0.1) is 6.92 Å². The highest BCUT2D eigenvalue weighted by Gasteiger charge is 2.12. The zero-order chi connectivity index (χ0) is 10.6. The number of carbonyl (C=O) groups is 1. The van der Waals surface area contributed by atoms with E-state index in [0.717, 1.165) is 0 Å². The molecule has 0 saturated heterocycles. The Hall–Kier alpha value is -1.15. The van der Waals surface area contributed by atoms with Gasteiger partial charge in [0.1, 0.15) is 5.78 Å². The van der Waals surface area contributed by atoms with E-state index in [1.807, 2.05) is 19.2 Å². The number of Topliss-reactive ketones (excluding diaryl/α,β-unsaturated/α-hetero) is 1. The SMILES string of the molecule is CNC(CC(C)=O)c1ccccc1C. The fourth-order valence-corrected chi connectivity index (χ4v) is 1.63. The van der Waals surface area contributed by atoms with Gasteiger partial charge in [-0.1, -0.05) is 24.3 Å². The Morgan fingerprint density at radius 2 is 2.07 bits per heavy atom. The zero-order valence-electron chi connectivity index (χ0n) is 9.00. The third-order valence-corrected chi connectivity index (χ3v) is 2.40. The van der Waals surface area contributed by atoms with E-state index in [1.165, 1.54) is 11.1 Å². The first-order valence-electron chi connectivity index (χ1n) is 4.87. The summed E-state index contributed by atoms with van der Waals surface area (Å²) >= 11 is 0. The highest BCUT2D eigenvalue weighted by Crippen LogP contribution is 2.20. The molecule has 0 aromatic heterocycles. The molecule has 0 aliphatic heterocycles. The summed E-state index contributed by atoms with van der Waals surface area (Å²) in [6.45, 7) is 3.70. The molecule has 0 radical (unpaired) electrons. The van der Waals surface area contributed by atoms with Crippen LogP contribution >= 0.6 is 0 Å². The van der Waals surface area contributed by atoms with Crippen LogP contribution in [-0.4, -0.2) is 12.8 Å². The van der Waals surface area contributed by atoms with Gasteiger partial charge in [0.15, 0.2) is 0 Å². The van der Waals surface area contributed by atoms with Crippen molar-refractivity contribution in [1.29, 1.82) is 0 Å². The standard InChI is InChI=1S/C12H17NO/c1-9-6-4-5-7-11(9)12(13-3)8-10(2)14/h4-7,12-13H,8H2,1-3H3. The molecule has 1 rings (SSSR count). The van der Waals surface area contributed by atoms with Gasteiger partial charge in [-0.3, -0.25) is 4.79 Å². The van der Waals surface area contributed by atoms with Crippen LogP contribution in [0.3, 0.4) is 0 Å². The normalized spacial score (nSPS) is 12.5. The Labute approximate surface area is 85.3 Å². The summed E-state index contributed by atoms with van der Waals surface area (Å²) < 4.78 is 0. The molecule has 1 atom stereocenters. The van der Waals surface area contributed by atoms with Gasteiger partial charge in [-0.05, 0) is 32.0 Å². The van der Waals surface area contributed by atoms with Gasteiger partial charge in [-0.2, -0.15) is 0 Å². The molecule has 0 saturated carbocycles. The van der Waals surface area contributed by atoms with Crippen molar-refractivity contribution in [3.05, 3.63) is 35.4 Å². The number of benzene rings is 1. The molecule has 0 aliphatic carbocycles. The number of aryl methyl sites for hydroxylation is 1. The van der Waals surface area contributed by atoms with Crippen molar-refractivity contribution >= 4 is 5.78 Å². The van der Waals surface area contributed by atoms with Crippen LogP contribution in [-0.2, 0) is 4.79 Å². The van der Waals surface area contributed by atoms with E-state index in [0.29, 0.717) is 6.42 Å². The summed E-state index contributed by atoms with van der Waals surface area (Å²) in [5, 5.41) is 3.17. The van der Waals surface area contributed by atoms with Gasteiger partial charge in [0, 0.05) is 12.5 Å². The number of hydrogen-bond acceptors (Lipinski definition) is 2. The molecule has 0 bridgehead atoms. The summed E-state index contributed by atoms with van der Waals surface area (Å²) in [7, 11) is 1.89. The largest absolute Gasteiger partial charge is 0.313 e. The van der Waals surface area contributed by atoms with Crippen LogP contribution in [0.15, 0.2) is 24.3 Å². The Balaban J connectivity index is 2.89. The van der Waals surface area contributed by atoms with Crippen LogP contribution in [0.1, 0.15) is 30.5 Å². The Bertz CT molecular complexity index is 320. The molecule has 2 heteroatoms. The number of rotatable bonds is 4. The van der Waals surface area contributed by atoms with E-state index in [4.69, 9.17) is 0 Å². The molecule has 0 spiro atoms. The second kappa shape index (κ2) is 4.91. The molecule has 0 fully saturated rings. The van der Waals surface area contributed by atoms with Crippen LogP contribution in [0.25, 0.3) is 0 Å². The first-order chi connectivity index (χ1) is 6.65. The van der Waals surface area contributed by atoms with E-state index in [1.54, 1.807) is 6.92 Å². The van der Waals surface area contributed by atoms with Crippen molar-refractivity contribution in [1.82, 2.24) is 5.32 Å². The fourth-order valence-electron chi connectivity index (χ4n) is 1.63. The topological polar surface area (TPSA) is 29.1 Å². The first-order valence-corrected chi connectivity index (χ1v) is 4.87. The van der Waals surface area contributed by atoms with Gasteiger partial charge < -0.3 is 5.32 Å². The molecular formula is C12H17NO. The van der Waals surface area contributed by atoms with Gasteiger partial charge >= 0.3 is 0 Å². The molecule has 0 heterocycles. The second-order valence-corrected chi connectivity index (χ2v) is 3.60. The molecular weight excluding hydrogens is 174 g/mol. The summed E-state index contributed by atoms with van der Waals surface area (Å²) in [6.07, 6.45) is 0.557. The van der Waals surface area contributed by atoms with Crippen LogP contribution in [0.5, 0.6) is 0 Å². The van der Waals surface area contributed by atoms with Crippen LogP contribution in [0.4, 0.5) is 0 Å². The lowest BCUT2D eigenvalue weighted by atomic mass is 9.98. The minimum Gasteiger partial charge on any atom is -0.313 e. The summed E-state index contributed by atoms with van der Waals surface area (Å²) in [4.78, 5) is 11.1. The summed E-state index contributed by atoms with van der Waals surface area (Å²) in [5.74, 6) is 0.215. The lowest BCUT2D eigenvalue weighted by Crippen LogP contribution is -2.19. The van der Waals surface area contributed by atoms with Crippen molar-refractivity contribution in [2.75, 3.05) is 7.05 Å². The average Bonchev–Trinajstić information content (AvgIpc) is 2.15. The molecule has 0 amide bonds. The van der Waals surface area contributed by atoms with Crippen molar-refractivity contribution in [3.8, 4) is 0 Å². The molecule has 1 aromatic carbocycles. The van der Waals surface area contributed by atoms with Gasteiger partial charge in [0.2, 0.25) is 0 Å². The maximum absolute atomic E-state index is 11.1. The number of carbonyl (C=O) groups excluding carboxylic acids is 1. The predicted octanol–water partition coefficient (Wildman–Crippen LogP) is 2.23.